The Morgan fingerprint density at radius 2 is 2.29 bits per heavy atom. The number of ether oxygens (including phenoxy) is 1. The number of benzene rings is 1. The highest BCUT2D eigenvalue weighted by molar-refractivity contribution is 6.02. The number of rotatable bonds is 2. The molecule has 1 N–H and O–H groups in total. The lowest BCUT2D eigenvalue weighted by Crippen LogP contribution is -2.39. The summed E-state index contributed by atoms with van der Waals surface area (Å²) in [5.41, 5.74) is 1.09. The molecule has 1 spiro atoms. The van der Waals surface area contributed by atoms with Crippen LogP contribution in [-0.4, -0.2) is 35.2 Å². The van der Waals surface area contributed by atoms with Crippen molar-refractivity contribution in [3.05, 3.63) is 42.0 Å². The average Bonchev–Trinajstić information content (AvgIpc) is 3.07. The van der Waals surface area contributed by atoms with Gasteiger partial charge in [-0.25, -0.2) is 0 Å². The number of fused-ring (bicyclic) bond motifs is 1. The molecule has 108 valence electrons. The molecule has 2 saturated heterocycles. The van der Waals surface area contributed by atoms with Gasteiger partial charge in [0.15, 0.2) is 0 Å². The lowest BCUT2D eigenvalue weighted by molar-refractivity contribution is -0.146. The molecule has 3 heterocycles. The highest BCUT2D eigenvalue weighted by atomic mass is 16.5. The van der Waals surface area contributed by atoms with Gasteiger partial charge in [-0.3, -0.25) is 9.59 Å². The van der Waals surface area contributed by atoms with Gasteiger partial charge in [0.1, 0.15) is 11.5 Å². The third-order valence-electron chi connectivity index (χ3n) is 4.70. The van der Waals surface area contributed by atoms with Crippen LogP contribution in [0.15, 0.2) is 36.4 Å². The number of amides is 1. The van der Waals surface area contributed by atoms with Crippen molar-refractivity contribution in [2.75, 3.05) is 11.4 Å². The van der Waals surface area contributed by atoms with Gasteiger partial charge in [-0.2, -0.15) is 0 Å². The predicted octanol–water partition coefficient (Wildman–Crippen LogP) is 1.37. The van der Waals surface area contributed by atoms with Gasteiger partial charge in [0.2, 0.25) is 5.91 Å². The largest absolute Gasteiger partial charge is 0.481 e. The van der Waals surface area contributed by atoms with E-state index in [-0.39, 0.29) is 5.91 Å². The maximum atomic E-state index is 12.7. The Balaban J connectivity index is 1.75. The molecule has 0 aromatic heterocycles. The molecule has 2 bridgehead atoms. The summed E-state index contributed by atoms with van der Waals surface area (Å²) in [6.07, 6.45) is 3.17. The van der Waals surface area contributed by atoms with Crippen molar-refractivity contribution in [3.8, 4) is 0 Å². The van der Waals surface area contributed by atoms with Crippen LogP contribution in [0.1, 0.15) is 5.56 Å². The van der Waals surface area contributed by atoms with Crippen molar-refractivity contribution in [3.63, 3.8) is 0 Å². The molecule has 4 atom stereocenters. The van der Waals surface area contributed by atoms with Gasteiger partial charge in [-0.15, -0.1) is 0 Å². The van der Waals surface area contributed by atoms with Crippen molar-refractivity contribution >= 4 is 17.6 Å². The summed E-state index contributed by atoms with van der Waals surface area (Å²) >= 11 is 0. The normalized spacial score (nSPS) is 36.3. The minimum Gasteiger partial charge on any atom is -0.481 e. The molecule has 5 heteroatoms. The van der Waals surface area contributed by atoms with Gasteiger partial charge < -0.3 is 14.7 Å². The Hall–Kier alpha value is -2.14. The summed E-state index contributed by atoms with van der Waals surface area (Å²) in [7, 11) is 0. The van der Waals surface area contributed by atoms with E-state index in [1.54, 1.807) is 11.0 Å². The minimum absolute atomic E-state index is 0.153. The highest BCUT2D eigenvalue weighted by Gasteiger charge is 2.67. The van der Waals surface area contributed by atoms with Crippen molar-refractivity contribution < 1.29 is 19.4 Å². The molecule has 4 rings (SSSR count). The van der Waals surface area contributed by atoms with Gasteiger partial charge in [-0.1, -0.05) is 24.3 Å². The fourth-order valence-corrected chi connectivity index (χ4v) is 3.79. The van der Waals surface area contributed by atoms with E-state index in [9.17, 15) is 14.7 Å². The maximum Gasteiger partial charge on any atom is 0.310 e. The van der Waals surface area contributed by atoms with Crippen LogP contribution in [0.2, 0.25) is 0 Å². The first kappa shape index (κ1) is 12.6. The second kappa shape index (κ2) is 3.95. The quantitative estimate of drug-likeness (QED) is 0.833. The number of anilines is 1. The molecule has 3 aliphatic rings. The predicted molar refractivity (Wildman–Crippen MR) is 74.9 cm³/mol. The first-order chi connectivity index (χ1) is 10.0. The van der Waals surface area contributed by atoms with Crippen molar-refractivity contribution in [1.29, 1.82) is 0 Å². The van der Waals surface area contributed by atoms with Gasteiger partial charge in [0, 0.05) is 5.69 Å². The highest BCUT2D eigenvalue weighted by Crippen LogP contribution is 2.52. The summed E-state index contributed by atoms with van der Waals surface area (Å²) in [4.78, 5) is 25.9. The Morgan fingerprint density at radius 1 is 1.48 bits per heavy atom. The lowest BCUT2D eigenvalue weighted by Gasteiger charge is -2.21. The zero-order valence-electron chi connectivity index (χ0n) is 11.5. The minimum atomic E-state index is -0.962. The summed E-state index contributed by atoms with van der Waals surface area (Å²) in [6, 6.07) is 7.66. The molecule has 1 amide bonds. The van der Waals surface area contributed by atoms with E-state index in [2.05, 4.69) is 0 Å². The molecule has 3 aliphatic heterocycles. The van der Waals surface area contributed by atoms with Crippen molar-refractivity contribution in [2.45, 2.75) is 18.6 Å². The molecule has 0 aliphatic carbocycles. The number of aryl methyl sites for hydroxylation is 1. The number of nitrogens with zero attached hydrogens (tertiary/aromatic N) is 1. The van der Waals surface area contributed by atoms with Crippen LogP contribution >= 0.6 is 0 Å². The van der Waals surface area contributed by atoms with E-state index in [1.807, 2.05) is 37.3 Å². The molecule has 1 aromatic rings. The zero-order chi connectivity index (χ0) is 14.8. The third kappa shape index (κ3) is 1.55. The smallest absolute Gasteiger partial charge is 0.310 e. The van der Waals surface area contributed by atoms with Gasteiger partial charge in [-0.05, 0) is 24.6 Å². The van der Waals surface area contributed by atoms with E-state index < -0.39 is 29.5 Å². The third-order valence-corrected chi connectivity index (χ3v) is 4.70. The van der Waals surface area contributed by atoms with Crippen LogP contribution in [0.4, 0.5) is 5.69 Å². The topological polar surface area (TPSA) is 66.8 Å². The van der Waals surface area contributed by atoms with Crippen LogP contribution in [0, 0.1) is 18.8 Å². The lowest BCUT2D eigenvalue weighted by atomic mass is 9.77. The number of hydrogen-bond acceptors (Lipinski definition) is 3. The van der Waals surface area contributed by atoms with Gasteiger partial charge in [0.25, 0.3) is 0 Å². The Bertz CT molecular complexity index is 683. The first-order valence-corrected chi connectivity index (χ1v) is 7.00. The number of carbonyl (C=O) groups is 2. The number of carboxylic acids is 1. The summed E-state index contributed by atoms with van der Waals surface area (Å²) in [5, 5.41) is 9.41. The Kier molecular flexibility index (Phi) is 2.37. The van der Waals surface area contributed by atoms with E-state index in [0.29, 0.717) is 6.54 Å². The van der Waals surface area contributed by atoms with E-state index in [4.69, 9.17) is 4.74 Å². The van der Waals surface area contributed by atoms with Gasteiger partial charge >= 0.3 is 5.97 Å². The zero-order valence-corrected chi connectivity index (χ0v) is 11.5. The number of hydrogen-bond donors (Lipinski definition) is 1. The number of aliphatic carboxylic acids is 1. The summed E-state index contributed by atoms with van der Waals surface area (Å²) in [6.45, 7) is 2.35. The van der Waals surface area contributed by atoms with E-state index >= 15 is 0 Å². The molecule has 1 aromatic carbocycles. The van der Waals surface area contributed by atoms with Crippen LogP contribution in [0.25, 0.3) is 0 Å². The fraction of sp³-hybridized carbons (Fsp3) is 0.375. The summed E-state index contributed by atoms with van der Waals surface area (Å²) in [5.74, 6) is -2.52. The second-order valence-corrected chi connectivity index (χ2v) is 6.00. The average molecular weight is 285 g/mol. The molecular formula is C16H15NO4. The molecule has 21 heavy (non-hydrogen) atoms. The van der Waals surface area contributed by atoms with E-state index in [1.165, 1.54) is 0 Å². The fourth-order valence-electron chi connectivity index (χ4n) is 3.79. The Morgan fingerprint density at radius 3 is 3.00 bits per heavy atom. The maximum absolute atomic E-state index is 12.7. The van der Waals surface area contributed by atoms with Gasteiger partial charge in [0.05, 0.1) is 18.6 Å². The molecule has 5 nitrogen and oxygen atoms in total. The van der Waals surface area contributed by atoms with E-state index in [0.717, 1.165) is 11.3 Å². The van der Waals surface area contributed by atoms with Crippen molar-refractivity contribution in [2.24, 2.45) is 11.8 Å². The van der Waals surface area contributed by atoms with Crippen LogP contribution in [-0.2, 0) is 14.3 Å². The molecule has 0 unspecified atom stereocenters. The molecular weight excluding hydrogens is 270 g/mol. The van der Waals surface area contributed by atoms with Crippen LogP contribution < -0.4 is 4.90 Å². The number of carbonyl (C=O) groups excluding carboxylic acids is 1. The monoisotopic (exact) mass is 285 g/mol. The molecule has 0 radical (unpaired) electrons. The van der Waals surface area contributed by atoms with Crippen molar-refractivity contribution in [1.82, 2.24) is 0 Å². The second-order valence-electron chi connectivity index (χ2n) is 6.00. The Labute approximate surface area is 121 Å². The molecule has 0 saturated carbocycles. The standard InChI is InChI=1S/C16H15NO4/c1-9-3-2-4-10(7-9)17-8-16-6-5-11(21-16)12(15(19)20)13(16)14(17)18/h2-7,11-13H,8H2,1H3,(H,19,20)/t11-,12-,13+,16-/m0/s1. The van der Waals surface area contributed by atoms with Crippen LogP contribution in [0.3, 0.4) is 0 Å². The SMILES string of the molecule is Cc1cccc(N2C[C@]34C=C[C@H](O3)[C@H](C(=O)O)[C@@H]4C2=O)c1. The number of carboxylic acid groups (broad SMARTS) is 1. The van der Waals surface area contributed by atoms with Crippen LogP contribution in [0.5, 0.6) is 0 Å². The molecule has 2 fully saturated rings. The first-order valence-electron chi connectivity index (χ1n) is 7.00. The summed E-state index contributed by atoms with van der Waals surface area (Å²) < 4.78 is 5.86.